The molecule has 0 saturated heterocycles. The van der Waals surface area contributed by atoms with Gasteiger partial charge >= 0.3 is 6.03 Å². The fourth-order valence-corrected chi connectivity index (χ4v) is 2.29. The standard InChI is InChI=1S/C10H17N5OS.2ClH/c1-2-7-8(14-6-13-7)5-17-4-3-9(11)15-10(12)16;;/h6H,2-5H2,1H3,(H,13,14)(H4,11,12,15,16);2*1H. The molecule has 0 aromatic carbocycles. The summed E-state index contributed by atoms with van der Waals surface area (Å²) in [5, 5.41) is 9.65. The van der Waals surface area contributed by atoms with E-state index in [9.17, 15) is 4.79 Å². The number of imidazole rings is 1. The van der Waals surface area contributed by atoms with Crippen molar-refractivity contribution in [1.29, 1.82) is 5.41 Å². The predicted octanol–water partition coefficient (Wildman–Crippen LogP) is 2.08. The molecule has 1 aromatic heterocycles. The number of aryl methyl sites for hydroxylation is 1. The molecule has 110 valence electrons. The molecule has 0 atom stereocenters. The van der Waals surface area contributed by atoms with Crippen LogP contribution in [0.25, 0.3) is 0 Å². The highest BCUT2D eigenvalue weighted by Crippen LogP contribution is 2.14. The van der Waals surface area contributed by atoms with E-state index < -0.39 is 6.03 Å². The van der Waals surface area contributed by atoms with Gasteiger partial charge in [-0.1, -0.05) is 6.92 Å². The predicted molar refractivity (Wildman–Crippen MR) is 83.7 cm³/mol. The highest BCUT2D eigenvalue weighted by molar-refractivity contribution is 7.98. The summed E-state index contributed by atoms with van der Waals surface area (Å²) < 4.78 is 0. The second-order valence-corrected chi connectivity index (χ2v) is 4.56. The number of aromatic amines is 1. The van der Waals surface area contributed by atoms with E-state index in [1.807, 2.05) is 0 Å². The number of nitrogens with one attached hydrogen (secondary N) is 3. The number of nitrogens with zero attached hydrogens (tertiary/aromatic N) is 1. The smallest absolute Gasteiger partial charge is 0.317 e. The van der Waals surface area contributed by atoms with Gasteiger partial charge in [0.05, 0.1) is 12.0 Å². The van der Waals surface area contributed by atoms with E-state index in [0.29, 0.717) is 6.42 Å². The van der Waals surface area contributed by atoms with Crippen LogP contribution in [-0.4, -0.2) is 27.6 Å². The van der Waals surface area contributed by atoms with Crippen LogP contribution in [0.4, 0.5) is 4.79 Å². The van der Waals surface area contributed by atoms with Gasteiger partial charge in [0.15, 0.2) is 0 Å². The van der Waals surface area contributed by atoms with E-state index in [0.717, 1.165) is 29.3 Å². The van der Waals surface area contributed by atoms with Gasteiger partial charge in [-0.25, -0.2) is 9.78 Å². The van der Waals surface area contributed by atoms with Crippen molar-refractivity contribution in [3.63, 3.8) is 0 Å². The summed E-state index contributed by atoms with van der Waals surface area (Å²) in [6.45, 7) is 2.07. The molecule has 19 heavy (non-hydrogen) atoms. The van der Waals surface area contributed by atoms with Crippen LogP contribution in [0.2, 0.25) is 0 Å². The summed E-state index contributed by atoms with van der Waals surface area (Å²) in [7, 11) is 0. The first-order valence-corrected chi connectivity index (χ1v) is 6.51. The topological polar surface area (TPSA) is 108 Å². The molecule has 0 spiro atoms. The molecule has 5 N–H and O–H groups in total. The van der Waals surface area contributed by atoms with Crippen molar-refractivity contribution in [2.24, 2.45) is 5.73 Å². The molecular weight excluding hydrogens is 309 g/mol. The fourth-order valence-electron chi connectivity index (χ4n) is 1.34. The number of thioether (sulfide) groups is 1. The van der Waals surface area contributed by atoms with Gasteiger partial charge in [-0.3, -0.25) is 10.7 Å². The van der Waals surface area contributed by atoms with E-state index in [-0.39, 0.29) is 30.6 Å². The number of halogens is 2. The number of aromatic nitrogens is 2. The van der Waals surface area contributed by atoms with Gasteiger partial charge in [-0.05, 0) is 6.42 Å². The van der Waals surface area contributed by atoms with E-state index in [4.69, 9.17) is 11.1 Å². The highest BCUT2D eigenvalue weighted by atomic mass is 35.5. The Hall–Kier alpha value is -0.920. The molecule has 0 aliphatic carbocycles. The minimum absolute atomic E-state index is 0. The lowest BCUT2D eigenvalue weighted by Gasteiger charge is -2.04. The largest absolute Gasteiger partial charge is 0.351 e. The van der Waals surface area contributed by atoms with Crippen molar-refractivity contribution < 1.29 is 4.79 Å². The Morgan fingerprint density at radius 2 is 2.26 bits per heavy atom. The summed E-state index contributed by atoms with van der Waals surface area (Å²) >= 11 is 1.69. The van der Waals surface area contributed by atoms with E-state index >= 15 is 0 Å². The normalized spacial score (nSPS) is 9.11. The molecule has 0 aliphatic rings. The van der Waals surface area contributed by atoms with Gasteiger partial charge in [0.2, 0.25) is 0 Å². The van der Waals surface area contributed by atoms with Gasteiger partial charge in [-0.15, -0.1) is 24.8 Å². The van der Waals surface area contributed by atoms with Crippen molar-refractivity contribution in [3.8, 4) is 0 Å². The number of H-pyrrole nitrogens is 1. The van der Waals surface area contributed by atoms with Crippen LogP contribution >= 0.6 is 36.6 Å². The Morgan fingerprint density at radius 1 is 1.58 bits per heavy atom. The molecule has 2 amide bonds. The number of primary amides is 1. The zero-order valence-corrected chi connectivity index (χ0v) is 13.0. The van der Waals surface area contributed by atoms with Crippen molar-refractivity contribution in [2.45, 2.75) is 25.5 Å². The lowest BCUT2D eigenvalue weighted by molar-refractivity contribution is 0.253. The maximum absolute atomic E-state index is 10.5. The maximum atomic E-state index is 10.5. The minimum Gasteiger partial charge on any atom is -0.351 e. The molecule has 0 fully saturated rings. The van der Waals surface area contributed by atoms with Crippen LogP contribution in [0.5, 0.6) is 0 Å². The van der Waals surface area contributed by atoms with Crippen molar-refractivity contribution in [2.75, 3.05) is 5.75 Å². The summed E-state index contributed by atoms with van der Waals surface area (Å²) in [5.41, 5.74) is 7.12. The molecule has 0 unspecified atom stereocenters. The number of amides is 2. The Balaban J connectivity index is 0. The zero-order chi connectivity index (χ0) is 12.7. The summed E-state index contributed by atoms with van der Waals surface area (Å²) in [6.07, 6.45) is 3.12. The zero-order valence-electron chi connectivity index (χ0n) is 10.6. The Kier molecular flexibility index (Phi) is 11.8. The average Bonchev–Trinajstić information content (AvgIpc) is 2.70. The Morgan fingerprint density at radius 3 is 2.84 bits per heavy atom. The van der Waals surface area contributed by atoms with Crippen LogP contribution in [0.1, 0.15) is 24.7 Å². The third kappa shape index (κ3) is 7.97. The van der Waals surface area contributed by atoms with E-state index in [1.165, 1.54) is 0 Å². The number of rotatable bonds is 6. The number of urea groups is 1. The number of amidine groups is 1. The molecule has 1 rings (SSSR count). The average molecular weight is 328 g/mol. The summed E-state index contributed by atoms with van der Waals surface area (Å²) in [4.78, 5) is 17.8. The first-order chi connectivity index (χ1) is 8.13. The third-order valence-corrected chi connectivity index (χ3v) is 3.14. The molecule has 0 radical (unpaired) electrons. The quantitative estimate of drug-likeness (QED) is 0.365. The first kappa shape index (κ1) is 20.4. The second-order valence-electron chi connectivity index (χ2n) is 3.45. The molecule has 1 heterocycles. The van der Waals surface area contributed by atoms with Crippen LogP contribution in [0.15, 0.2) is 6.33 Å². The van der Waals surface area contributed by atoms with Gasteiger partial charge in [-0.2, -0.15) is 11.8 Å². The second kappa shape index (κ2) is 11.0. The van der Waals surface area contributed by atoms with Crippen molar-refractivity contribution >= 4 is 48.4 Å². The lowest BCUT2D eigenvalue weighted by Crippen LogP contribution is -2.34. The number of carbonyl (C=O) groups excluding carboxylic acids is 1. The minimum atomic E-state index is -0.679. The molecule has 1 aromatic rings. The number of hydrogen-bond acceptors (Lipinski definition) is 4. The lowest BCUT2D eigenvalue weighted by atomic mass is 10.3. The molecular formula is C10H19Cl2N5OS. The summed E-state index contributed by atoms with van der Waals surface area (Å²) in [6, 6.07) is -0.679. The number of carbonyl (C=O) groups is 1. The summed E-state index contributed by atoms with van der Waals surface area (Å²) in [5.74, 6) is 1.76. The van der Waals surface area contributed by atoms with E-state index in [2.05, 4.69) is 22.2 Å². The van der Waals surface area contributed by atoms with Crippen LogP contribution in [-0.2, 0) is 12.2 Å². The van der Waals surface area contributed by atoms with E-state index in [1.54, 1.807) is 18.1 Å². The van der Waals surface area contributed by atoms with Crippen LogP contribution in [0, 0.1) is 5.41 Å². The van der Waals surface area contributed by atoms with Crippen LogP contribution in [0.3, 0.4) is 0 Å². The van der Waals surface area contributed by atoms with Gasteiger partial charge in [0.25, 0.3) is 0 Å². The Labute approximate surface area is 129 Å². The van der Waals surface area contributed by atoms with Crippen LogP contribution < -0.4 is 11.1 Å². The van der Waals surface area contributed by atoms with Crippen molar-refractivity contribution in [3.05, 3.63) is 17.7 Å². The fraction of sp³-hybridized carbons (Fsp3) is 0.500. The third-order valence-electron chi connectivity index (χ3n) is 2.16. The Bertz CT molecular complexity index is 399. The SMILES string of the molecule is CCc1nc[nH]c1CSCCC(=N)NC(N)=O.Cl.Cl. The molecule has 0 bridgehead atoms. The highest BCUT2D eigenvalue weighted by Gasteiger charge is 2.04. The monoisotopic (exact) mass is 327 g/mol. The number of nitrogens with two attached hydrogens (primary N) is 1. The van der Waals surface area contributed by atoms with Gasteiger partial charge < -0.3 is 10.7 Å². The molecule has 0 saturated carbocycles. The molecule has 6 nitrogen and oxygen atoms in total. The van der Waals surface area contributed by atoms with Gasteiger partial charge in [0, 0.05) is 23.6 Å². The number of hydrogen-bond donors (Lipinski definition) is 4. The van der Waals surface area contributed by atoms with Gasteiger partial charge in [0.1, 0.15) is 5.84 Å². The maximum Gasteiger partial charge on any atom is 0.317 e. The van der Waals surface area contributed by atoms with Crippen molar-refractivity contribution in [1.82, 2.24) is 15.3 Å². The first-order valence-electron chi connectivity index (χ1n) is 5.36. The molecule has 9 heteroatoms. The molecule has 0 aliphatic heterocycles.